The molecule has 0 aliphatic heterocycles. The lowest BCUT2D eigenvalue weighted by Gasteiger charge is -2.06. The molecular weight excluding hydrogens is 312 g/mol. The average Bonchev–Trinajstić information content (AvgIpc) is 3.12. The van der Waals surface area contributed by atoms with E-state index in [1.54, 1.807) is 18.5 Å². The van der Waals surface area contributed by atoms with Crippen LogP contribution in [0.15, 0.2) is 18.5 Å². The van der Waals surface area contributed by atoms with Crippen molar-refractivity contribution in [1.29, 1.82) is 0 Å². The van der Waals surface area contributed by atoms with Gasteiger partial charge < -0.3 is 0 Å². The van der Waals surface area contributed by atoms with Gasteiger partial charge in [0.2, 0.25) is 5.13 Å². The Hall–Kier alpha value is -2.35. The number of hydrogen-bond donors (Lipinski definition) is 1. The number of hydrogen-bond acceptors (Lipinski definition) is 6. The predicted molar refractivity (Wildman–Crippen MR) is 89.9 cm³/mol. The third-order valence-corrected chi connectivity index (χ3v) is 4.48. The van der Waals surface area contributed by atoms with E-state index in [2.05, 4.69) is 25.6 Å². The number of carbonyl (C=O) groups is 1. The first kappa shape index (κ1) is 15.5. The third kappa shape index (κ3) is 3.07. The van der Waals surface area contributed by atoms with Crippen molar-refractivity contribution in [3.8, 4) is 0 Å². The number of fused-ring (bicyclic) bond motifs is 1. The van der Waals surface area contributed by atoms with Gasteiger partial charge in [0.1, 0.15) is 5.01 Å². The molecule has 3 rings (SSSR count). The van der Waals surface area contributed by atoms with Gasteiger partial charge in [0.25, 0.3) is 5.91 Å². The predicted octanol–water partition coefficient (Wildman–Crippen LogP) is 3.24. The Labute approximate surface area is 137 Å². The van der Waals surface area contributed by atoms with Gasteiger partial charge in [-0.05, 0) is 19.9 Å². The van der Waals surface area contributed by atoms with E-state index in [1.807, 2.05) is 32.4 Å². The SMILES string of the molecule is CC(C)c1nnc(NC(=O)c2cnc3c(cnn3C(C)C)c2)s1. The van der Waals surface area contributed by atoms with Crippen molar-refractivity contribution in [2.45, 2.75) is 39.7 Å². The molecule has 0 aliphatic carbocycles. The van der Waals surface area contributed by atoms with Crippen LogP contribution in [-0.4, -0.2) is 30.9 Å². The molecule has 0 radical (unpaired) electrons. The number of nitrogens with zero attached hydrogens (tertiary/aromatic N) is 5. The summed E-state index contributed by atoms with van der Waals surface area (Å²) in [7, 11) is 0. The summed E-state index contributed by atoms with van der Waals surface area (Å²) in [5.41, 5.74) is 1.25. The first-order chi connectivity index (χ1) is 11.0. The van der Waals surface area contributed by atoms with Crippen molar-refractivity contribution in [2.24, 2.45) is 0 Å². The number of carbonyl (C=O) groups excluding carboxylic acids is 1. The zero-order valence-corrected chi connectivity index (χ0v) is 14.3. The molecule has 7 nitrogen and oxygen atoms in total. The van der Waals surface area contributed by atoms with Crippen molar-refractivity contribution < 1.29 is 4.79 Å². The Balaban J connectivity index is 1.83. The number of rotatable bonds is 4. The van der Waals surface area contributed by atoms with Gasteiger partial charge in [-0.1, -0.05) is 25.2 Å². The molecule has 3 heterocycles. The summed E-state index contributed by atoms with van der Waals surface area (Å²) in [6.45, 7) is 8.15. The Morgan fingerprint density at radius 2 is 2.00 bits per heavy atom. The summed E-state index contributed by atoms with van der Waals surface area (Å²) in [5, 5.41) is 17.4. The first-order valence-corrected chi connectivity index (χ1v) is 8.25. The smallest absolute Gasteiger partial charge is 0.259 e. The summed E-state index contributed by atoms with van der Waals surface area (Å²) in [6.07, 6.45) is 3.28. The largest absolute Gasteiger partial charge is 0.296 e. The van der Waals surface area contributed by atoms with Gasteiger partial charge in [-0.25, -0.2) is 9.67 Å². The minimum atomic E-state index is -0.247. The summed E-state index contributed by atoms with van der Waals surface area (Å²) in [5.74, 6) is 0.0428. The highest BCUT2D eigenvalue weighted by molar-refractivity contribution is 7.15. The van der Waals surface area contributed by atoms with E-state index in [4.69, 9.17) is 0 Å². The molecule has 8 heteroatoms. The number of aromatic nitrogens is 5. The lowest BCUT2D eigenvalue weighted by atomic mass is 10.2. The lowest BCUT2D eigenvalue weighted by molar-refractivity contribution is 0.102. The van der Waals surface area contributed by atoms with E-state index >= 15 is 0 Å². The summed E-state index contributed by atoms with van der Waals surface area (Å²) in [6, 6.07) is 2.00. The van der Waals surface area contributed by atoms with Crippen molar-refractivity contribution >= 4 is 33.4 Å². The fourth-order valence-corrected chi connectivity index (χ4v) is 2.87. The van der Waals surface area contributed by atoms with Gasteiger partial charge in [0.05, 0.1) is 11.8 Å². The van der Waals surface area contributed by atoms with Crippen LogP contribution in [0.2, 0.25) is 0 Å². The first-order valence-electron chi connectivity index (χ1n) is 7.43. The monoisotopic (exact) mass is 330 g/mol. The van der Waals surface area contributed by atoms with Crippen LogP contribution in [0.25, 0.3) is 11.0 Å². The Kier molecular flexibility index (Phi) is 4.08. The van der Waals surface area contributed by atoms with Gasteiger partial charge in [0, 0.05) is 23.5 Å². The summed E-state index contributed by atoms with van der Waals surface area (Å²) in [4.78, 5) is 16.7. The summed E-state index contributed by atoms with van der Waals surface area (Å²) < 4.78 is 1.83. The van der Waals surface area contributed by atoms with E-state index < -0.39 is 0 Å². The number of pyridine rings is 1. The maximum atomic E-state index is 12.3. The van der Waals surface area contributed by atoms with Crippen molar-refractivity contribution in [2.75, 3.05) is 5.32 Å². The molecule has 0 saturated heterocycles. The standard InChI is InChI=1S/C15H18N6OS/c1-8(2)14-19-20-15(23-14)18-13(22)11-5-10-7-17-21(9(3)4)12(10)16-6-11/h5-9H,1-4H3,(H,18,20,22). The molecular formula is C15H18N6OS. The van der Waals surface area contributed by atoms with Gasteiger partial charge >= 0.3 is 0 Å². The molecule has 120 valence electrons. The molecule has 0 fully saturated rings. The second kappa shape index (κ2) is 6.04. The lowest BCUT2D eigenvalue weighted by Crippen LogP contribution is -2.12. The zero-order chi connectivity index (χ0) is 16.6. The van der Waals surface area contributed by atoms with Crippen LogP contribution in [0.3, 0.4) is 0 Å². The quantitative estimate of drug-likeness (QED) is 0.793. The molecule has 3 aromatic rings. The molecule has 0 aliphatic rings. The molecule has 0 atom stereocenters. The molecule has 0 saturated carbocycles. The van der Waals surface area contributed by atoms with Crippen molar-refractivity contribution in [3.05, 3.63) is 29.0 Å². The number of amides is 1. The van der Waals surface area contributed by atoms with E-state index in [0.717, 1.165) is 16.0 Å². The molecule has 3 aromatic heterocycles. The highest BCUT2D eigenvalue weighted by Gasteiger charge is 2.14. The molecule has 23 heavy (non-hydrogen) atoms. The van der Waals surface area contributed by atoms with E-state index in [1.165, 1.54) is 11.3 Å². The molecule has 0 bridgehead atoms. The van der Waals surface area contributed by atoms with E-state index in [0.29, 0.717) is 10.7 Å². The third-order valence-electron chi connectivity index (χ3n) is 3.34. The second-order valence-corrected chi connectivity index (χ2v) is 6.88. The van der Waals surface area contributed by atoms with Crippen LogP contribution in [0.1, 0.15) is 55.0 Å². The van der Waals surface area contributed by atoms with Crippen molar-refractivity contribution in [3.63, 3.8) is 0 Å². The van der Waals surface area contributed by atoms with Gasteiger partial charge in [-0.2, -0.15) is 5.10 Å². The normalized spacial score (nSPS) is 11.6. The molecule has 0 spiro atoms. The number of anilines is 1. The van der Waals surface area contributed by atoms with Crippen molar-refractivity contribution in [1.82, 2.24) is 25.0 Å². The molecule has 0 aromatic carbocycles. The van der Waals surface area contributed by atoms with Crippen LogP contribution in [0, 0.1) is 0 Å². The fourth-order valence-electron chi connectivity index (χ4n) is 2.13. The van der Waals surface area contributed by atoms with E-state index in [9.17, 15) is 4.79 Å². The molecule has 1 amide bonds. The Bertz CT molecular complexity index is 851. The maximum Gasteiger partial charge on any atom is 0.259 e. The minimum absolute atomic E-state index is 0.218. The number of nitrogens with one attached hydrogen (secondary N) is 1. The minimum Gasteiger partial charge on any atom is -0.296 e. The summed E-state index contributed by atoms with van der Waals surface area (Å²) >= 11 is 1.38. The fraction of sp³-hybridized carbons (Fsp3) is 0.400. The highest BCUT2D eigenvalue weighted by atomic mass is 32.1. The Morgan fingerprint density at radius 1 is 1.22 bits per heavy atom. The Morgan fingerprint density at radius 3 is 2.65 bits per heavy atom. The van der Waals surface area contributed by atoms with Crippen LogP contribution in [0.4, 0.5) is 5.13 Å². The van der Waals surface area contributed by atoms with Gasteiger partial charge in [-0.3, -0.25) is 10.1 Å². The van der Waals surface area contributed by atoms with Gasteiger partial charge in [0.15, 0.2) is 5.65 Å². The van der Waals surface area contributed by atoms with E-state index in [-0.39, 0.29) is 17.9 Å². The van der Waals surface area contributed by atoms with Gasteiger partial charge in [-0.15, -0.1) is 10.2 Å². The van der Waals surface area contributed by atoms with Crippen LogP contribution < -0.4 is 5.32 Å². The zero-order valence-electron chi connectivity index (χ0n) is 13.4. The maximum absolute atomic E-state index is 12.3. The second-order valence-electron chi connectivity index (χ2n) is 5.87. The van der Waals surface area contributed by atoms with Crippen LogP contribution in [-0.2, 0) is 0 Å². The van der Waals surface area contributed by atoms with Crippen LogP contribution in [0.5, 0.6) is 0 Å². The molecule has 1 N–H and O–H groups in total. The highest BCUT2D eigenvalue weighted by Crippen LogP contribution is 2.23. The van der Waals surface area contributed by atoms with Crippen LogP contribution >= 0.6 is 11.3 Å². The molecule has 0 unspecified atom stereocenters. The topological polar surface area (TPSA) is 85.6 Å². The average molecular weight is 330 g/mol.